The van der Waals surface area contributed by atoms with Crippen LogP contribution < -0.4 is 10.6 Å². The molecule has 2 aromatic rings. The maximum absolute atomic E-state index is 13.0. The fraction of sp³-hybridized carbons (Fsp3) is 0.444. The van der Waals surface area contributed by atoms with E-state index in [1.807, 2.05) is 0 Å². The second-order valence-corrected chi connectivity index (χ2v) is 10.6. The number of β-lactam (4-membered cyclic amide) rings is 1. The molecule has 0 saturated carbocycles. The summed E-state index contributed by atoms with van der Waals surface area (Å²) in [6.45, 7) is 1.67. The van der Waals surface area contributed by atoms with Crippen molar-refractivity contribution < 1.29 is 29.1 Å². The molecule has 3 unspecified atom stereocenters. The number of nitrogens with one attached hydrogen (secondary N) is 3. The lowest BCUT2D eigenvalue weighted by Crippen LogP contribution is -2.74. The van der Waals surface area contributed by atoms with Crippen LogP contribution in [0.2, 0.25) is 5.15 Å². The van der Waals surface area contributed by atoms with Gasteiger partial charge in [0.1, 0.15) is 34.8 Å². The smallest absolute Gasteiger partial charge is 0.313 e. The number of nitrogens with zero attached hydrogens (tertiary/aromatic N) is 7. The van der Waals surface area contributed by atoms with E-state index in [-0.39, 0.29) is 34.8 Å². The van der Waals surface area contributed by atoms with E-state index in [4.69, 9.17) is 16.4 Å². The molecule has 196 valence electrons. The Labute approximate surface area is 221 Å². The third-order valence-electron chi connectivity index (χ3n) is 5.73. The predicted octanol–water partition coefficient (Wildman–Crippen LogP) is -0.786. The van der Waals surface area contributed by atoms with Crippen LogP contribution in [-0.2, 0) is 24.0 Å². The molecule has 4 heterocycles. The number of aliphatic carboxylic acids is 1. The predicted molar refractivity (Wildman–Crippen MR) is 130 cm³/mol. The number of carbonyl (C=O) groups is 4. The van der Waals surface area contributed by atoms with Gasteiger partial charge in [-0.2, -0.15) is 5.21 Å². The van der Waals surface area contributed by atoms with Crippen molar-refractivity contribution in [3.8, 4) is 0 Å². The average molecular weight is 571 g/mol. The molecule has 16 nitrogen and oxygen atoms in total. The van der Waals surface area contributed by atoms with Gasteiger partial charge < -0.3 is 20.2 Å². The normalized spacial score (nSPS) is 23.9. The van der Waals surface area contributed by atoms with Crippen LogP contribution in [0.5, 0.6) is 0 Å². The van der Waals surface area contributed by atoms with Gasteiger partial charge in [-0.15, -0.1) is 22.0 Å². The number of fused-ring (bicyclic) bond motifs is 1. The highest BCUT2D eigenvalue weighted by molar-refractivity contribution is 8.01. The van der Waals surface area contributed by atoms with E-state index in [0.29, 0.717) is 11.6 Å². The number of carbonyl (C=O) groups excluding carboxylic acids is 3. The summed E-state index contributed by atoms with van der Waals surface area (Å²) >= 11 is 8.33. The molecule has 3 amide bonds. The minimum Gasteiger partial charge on any atom is -0.481 e. The van der Waals surface area contributed by atoms with Crippen molar-refractivity contribution in [1.82, 2.24) is 40.8 Å². The number of hydrogen-bond donors (Lipinski definition) is 4. The Kier molecular flexibility index (Phi) is 7.79. The monoisotopic (exact) mass is 570 g/mol. The summed E-state index contributed by atoms with van der Waals surface area (Å²) in [5.41, 5.74) is -1.64. The molecule has 0 aliphatic carbocycles. The lowest BCUT2D eigenvalue weighted by atomic mass is 9.84. The molecule has 37 heavy (non-hydrogen) atoms. The molecule has 4 N–H and O–H groups in total. The number of anilines is 1. The van der Waals surface area contributed by atoms with Gasteiger partial charge in [0, 0.05) is 23.6 Å². The van der Waals surface area contributed by atoms with Crippen LogP contribution in [0.1, 0.15) is 12.6 Å². The van der Waals surface area contributed by atoms with E-state index < -0.39 is 39.9 Å². The van der Waals surface area contributed by atoms with E-state index in [2.05, 4.69) is 46.4 Å². The van der Waals surface area contributed by atoms with Gasteiger partial charge in [-0.05, 0) is 5.21 Å². The van der Waals surface area contributed by atoms with Crippen molar-refractivity contribution in [1.29, 1.82) is 0 Å². The minimum atomic E-state index is -1.28. The van der Waals surface area contributed by atoms with Crippen LogP contribution in [0.4, 0.5) is 5.95 Å². The molecule has 0 spiro atoms. The first kappa shape index (κ1) is 26.6. The molecule has 19 heteroatoms. The number of halogens is 1. The van der Waals surface area contributed by atoms with Crippen LogP contribution in [0.3, 0.4) is 0 Å². The molecule has 2 aliphatic heterocycles. The molecule has 0 radical (unpaired) electrons. The number of hydrogen-bond acceptors (Lipinski definition) is 13. The SMILES string of the molecule is CON=C(C(=O)NC1C(=O)N2CC(C(=O)O)(C(C)Sc3nn[nH]n3)CS[C@H]12)c1cc(Cl)nc(NC=O)n1. The first-order valence-corrected chi connectivity index (χ1v) is 12.7. The Balaban J connectivity index is 1.48. The van der Waals surface area contributed by atoms with Gasteiger partial charge in [-0.1, -0.05) is 35.4 Å². The Morgan fingerprint density at radius 1 is 1.49 bits per heavy atom. The second kappa shape index (κ2) is 10.9. The fourth-order valence-corrected chi connectivity index (χ4v) is 6.72. The number of rotatable bonds is 10. The van der Waals surface area contributed by atoms with E-state index in [0.717, 1.165) is 11.8 Å². The zero-order valence-electron chi connectivity index (χ0n) is 19.1. The average Bonchev–Trinajstić information content (AvgIpc) is 3.37. The van der Waals surface area contributed by atoms with E-state index in [9.17, 15) is 24.3 Å². The van der Waals surface area contributed by atoms with E-state index >= 15 is 0 Å². The Morgan fingerprint density at radius 3 is 2.92 bits per heavy atom. The first-order valence-electron chi connectivity index (χ1n) is 10.4. The van der Waals surface area contributed by atoms with E-state index in [1.165, 1.54) is 29.8 Å². The van der Waals surface area contributed by atoms with Gasteiger partial charge in [0.25, 0.3) is 5.91 Å². The Morgan fingerprint density at radius 2 is 2.27 bits per heavy atom. The number of carboxylic acids is 1. The highest BCUT2D eigenvalue weighted by Gasteiger charge is 2.59. The van der Waals surface area contributed by atoms with Crippen molar-refractivity contribution in [2.45, 2.75) is 28.7 Å². The lowest BCUT2D eigenvalue weighted by molar-refractivity contribution is -0.158. The van der Waals surface area contributed by atoms with Crippen LogP contribution in [0.25, 0.3) is 0 Å². The Hall–Kier alpha value is -3.51. The number of tetrazole rings is 1. The minimum absolute atomic E-state index is 0.0548. The molecule has 2 aromatic heterocycles. The number of thioether (sulfide) groups is 2. The molecular weight excluding hydrogens is 552 g/mol. The van der Waals surface area contributed by atoms with Crippen LogP contribution in [-0.4, -0.2) is 107 Å². The maximum Gasteiger partial charge on any atom is 0.313 e. The molecule has 4 rings (SSSR count). The van der Waals surface area contributed by atoms with Crippen molar-refractivity contribution in [3.05, 3.63) is 16.9 Å². The summed E-state index contributed by atoms with van der Waals surface area (Å²) in [5, 5.41) is 31.3. The van der Waals surface area contributed by atoms with Crippen molar-refractivity contribution in [3.63, 3.8) is 0 Å². The largest absolute Gasteiger partial charge is 0.481 e. The van der Waals surface area contributed by atoms with Gasteiger partial charge in [-0.25, -0.2) is 9.97 Å². The number of aromatic amines is 1. The summed E-state index contributed by atoms with van der Waals surface area (Å²) in [5.74, 6) is -2.29. The summed E-state index contributed by atoms with van der Waals surface area (Å²) in [6.07, 6.45) is 0.337. The molecule has 0 aromatic carbocycles. The van der Waals surface area contributed by atoms with Gasteiger partial charge in [0.15, 0.2) is 5.71 Å². The number of carboxylic acid groups (broad SMARTS) is 1. The summed E-state index contributed by atoms with van der Waals surface area (Å²) in [7, 11) is 1.22. The molecule has 0 bridgehead atoms. The summed E-state index contributed by atoms with van der Waals surface area (Å²) in [4.78, 5) is 63.1. The first-order chi connectivity index (χ1) is 17.7. The van der Waals surface area contributed by atoms with Crippen LogP contribution in [0.15, 0.2) is 16.4 Å². The third kappa shape index (κ3) is 5.16. The van der Waals surface area contributed by atoms with Crippen molar-refractivity contribution in [2.24, 2.45) is 10.6 Å². The van der Waals surface area contributed by atoms with Crippen LogP contribution in [0, 0.1) is 5.41 Å². The number of amides is 3. The fourth-order valence-electron chi connectivity index (χ4n) is 3.78. The van der Waals surface area contributed by atoms with Crippen molar-refractivity contribution >= 4 is 71.0 Å². The summed E-state index contributed by atoms with van der Waals surface area (Å²) < 4.78 is 0. The summed E-state index contributed by atoms with van der Waals surface area (Å²) in [6, 6.07) is 0.305. The number of H-pyrrole nitrogens is 1. The number of oxime groups is 1. The third-order valence-corrected chi connectivity index (χ3v) is 8.66. The van der Waals surface area contributed by atoms with Gasteiger partial charge >= 0.3 is 5.97 Å². The zero-order chi connectivity index (χ0) is 26.7. The van der Waals surface area contributed by atoms with Crippen LogP contribution >= 0.6 is 35.1 Å². The molecule has 2 fully saturated rings. The topological polar surface area (TPSA) is 218 Å². The zero-order valence-corrected chi connectivity index (χ0v) is 21.5. The molecule has 4 atom stereocenters. The maximum atomic E-state index is 13.0. The second-order valence-electron chi connectivity index (χ2n) is 7.82. The highest BCUT2D eigenvalue weighted by Crippen LogP contribution is 2.47. The quantitative estimate of drug-likeness (QED) is 0.0688. The Bertz CT molecular complexity index is 1250. The van der Waals surface area contributed by atoms with Gasteiger partial charge in [0.2, 0.25) is 23.4 Å². The highest BCUT2D eigenvalue weighted by atomic mass is 35.5. The molecular formula is C18H19ClN10O6S2. The number of aromatic nitrogens is 6. The van der Waals surface area contributed by atoms with Gasteiger partial charge in [0.05, 0.1) is 0 Å². The van der Waals surface area contributed by atoms with Crippen molar-refractivity contribution in [2.75, 3.05) is 24.7 Å². The standard InChI is InChI=1S/C18H19ClN10O6S2/c1-7(37-17-24-27-28-25-17)18(15(33)34)4-29-13(32)11(14(29)36-5-18)23-12(31)10(26-35-2)8-3-9(19)22-16(21-8)20-6-30/h3,6-7,11,14H,4-5H2,1-2H3,(H,23,31)(H,33,34)(H,20,21,22,30)(H,24,25,27,28)/t7?,11?,14-,18?/m1/s1. The lowest BCUT2D eigenvalue weighted by Gasteiger charge is -2.54. The van der Waals surface area contributed by atoms with Gasteiger partial charge in [-0.3, -0.25) is 24.5 Å². The molecule has 2 aliphatic rings. The van der Waals surface area contributed by atoms with E-state index in [1.54, 1.807) is 6.92 Å². The molecule has 2 saturated heterocycles.